The third-order valence-electron chi connectivity index (χ3n) is 5.65. The van der Waals surface area contributed by atoms with Crippen LogP contribution in [0.5, 0.6) is 0 Å². The molecule has 4 rings (SSSR count). The second-order valence-corrected chi connectivity index (χ2v) is 9.41. The molecule has 4 aromatic rings. The van der Waals surface area contributed by atoms with E-state index in [9.17, 15) is 0 Å². The summed E-state index contributed by atoms with van der Waals surface area (Å²) in [6.45, 7) is 11.2. The van der Waals surface area contributed by atoms with Gasteiger partial charge in [-0.25, -0.2) is 0 Å². The molecular weight excluding hydrogens is 376 g/mol. The quantitative estimate of drug-likeness (QED) is 0.329. The molecule has 156 valence electrons. The molecule has 0 atom stereocenters. The Morgan fingerprint density at radius 3 is 1.65 bits per heavy atom. The van der Waals surface area contributed by atoms with Gasteiger partial charge in [-0.15, -0.1) is 0 Å². The lowest BCUT2D eigenvalue weighted by atomic mass is 9.85. The molecule has 0 aliphatic rings. The highest BCUT2D eigenvalue weighted by Gasteiger charge is 2.26. The van der Waals surface area contributed by atoms with Crippen molar-refractivity contribution >= 4 is 0 Å². The minimum Gasteiger partial charge on any atom is -0.189 e. The molecule has 0 fully saturated rings. The summed E-state index contributed by atoms with van der Waals surface area (Å²) >= 11 is 0. The van der Waals surface area contributed by atoms with Crippen LogP contribution in [0.2, 0.25) is 0 Å². The molecule has 2 heteroatoms. The predicted octanol–water partition coefficient (Wildman–Crippen LogP) is 7.11. The van der Waals surface area contributed by atoms with Crippen LogP contribution in [-0.4, -0.2) is 4.98 Å². The molecule has 2 aromatic carbocycles. The number of benzene rings is 2. The Bertz CT molecular complexity index is 1110. The van der Waals surface area contributed by atoms with Crippen LogP contribution in [0.1, 0.15) is 51.8 Å². The van der Waals surface area contributed by atoms with Gasteiger partial charge in [0.1, 0.15) is 11.4 Å². The van der Waals surface area contributed by atoms with E-state index >= 15 is 0 Å². The highest BCUT2D eigenvalue weighted by molar-refractivity contribution is 5.64. The van der Waals surface area contributed by atoms with E-state index in [-0.39, 0.29) is 5.41 Å². The van der Waals surface area contributed by atoms with Gasteiger partial charge in [0.15, 0.2) is 5.69 Å². The third kappa shape index (κ3) is 4.44. The Labute approximate surface area is 186 Å². The van der Waals surface area contributed by atoms with Gasteiger partial charge in [-0.2, -0.15) is 4.57 Å². The van der Waals surface area contributed by atoms with E-state index in [0.717, 1.165) is 22.9 Å². The van der Waals surface area contributed by atoms with Gasteiger partial charge < -0.3 is 0 Å². The smallest absolute Gasteiger partial charge is 0.189 e. The second-order valence-electron chi connectivity index (χ2n) is 9.41. The number of rotatable bonds is 4. The van der Waals surface area contributed by atoms with Crippen LogP contribution in [0, 0.1) is 0 Å². The summed E-state index contributed by atoms with van der Waals surface area (Å²) in [5.74, 6) is 1.32. The Morgan fingerprint density at radius 2 is 1.19 bits per heavy atom. The van der Waals surface area contributed by atoms with Crippen molar-refractivity contribution in [1.82, 2.24) is 4.98 Å². The van der Waals surface area contributed by atoms with Crippen molar-refractivity contribution < 1.29 is 4.57 Å². The summed E-state index contributed by atoms with van der Waals surface area (Å²) in [7, 11) is 0. The van der Waals surface area contributed by atoms with Crippen molar-refractivity contribution in [3.8, 4) is 28.3 Å². The fourth-order valence-electron chi connectivity index (χ4n) is 3.80. The maximum atomic E-state index is 5.07. The summed E-state index contributed by atoms with van der Waals surface area (Å²) in [5, 5.41) is 0. The van der Waals surface area contributed by atoms with Gasteiger partial charge in [0.2, 0.25) is 0 Å². The largest absolute Gasteiger partial charge is 0.328 e. The van der Waals surface area contributed by atoms with Crippen molar-refractivity contribution in [2.24, 2.45) is 0 Å². The van der Waals surface area contributed by atoms with Crippen LogP contribution in [0.25, 0.3) is 28.3 Å². The number of hydrogen-bond donors (Lipinski definition) is 0. The van der Waals surface area contributed by atoms with Gasteiger partial charge in [0, 0.05) is 23.1 Å². The molecular formula is C29H31N2+. The van der Waals surface area contributed by atoms with Crippen LogP contribution in [-0.2, 0) is 5.41 Å². The molecule has 0 aliphatic carbocycles. The van der Waals surface area contributed by atoms with Gasteiger partial charge in [0.05, 0.1) is 0 Å². The van der Waals surface area contributed by atoms with Gasteiger partial charge in [-0.05, 0) is 40.2 Å². The normalized spacial score (nSPS) is 11.7. The molecule has 0 amide bonds. The van der Waals surface area contributed by atoms with E-state index < -0.39 is 0 Å². The van der Waals surface area contributed by atoms with E-state index in [2.05, 4.69) is 130 Å². The minimum absolute atomic E-state index is 0.0271. The molecule has 0 saturated heterocycles. The third-order valence-corrected chi connectivity index (χ3v) is 5.65. The number of hydrogen-bond acceptors (Lipinski definition) is 1. The van der Waals surface area contributed by atoms with E-state index in [1.807, 2.05) is 0 Å². The van der Waals surface area contributed by atoms with Crippen LogP contribution < -0.4 is 4.57 Å². The maximum absolute atomic E-state index is 5.07. The lowest BCUT2D eigenvalue weighted by Gasteiger charge is -2.22. The molecule has 0 saturated carbocycles. The average molecular weight is 408 g/mol. The van der Waals surface area contributed by atoms with Gasteiger partial charge in [0.25, 0.3) is 0 Å². The minimum atomic E-state index is 0.0271. The van der Waals surface area contributed by atoms with Gasteiger partial charge >= 0.3 is 5.82 Å². The molecule has 31 heavy (non-hydrogen) atoms. The van der Waals surface area contributed by atoms with Gasteiger partial charge in [-0.1, -0.05) is 95.3 Å². The van der Waals surface area contributed by atoms with E-state index in [4.69, 9.17) is 4.98 Å². The van der Waals surface area contributed by atoms with E-state index in [1.54, 1.807) is 0 Å². The molecule has 0 spiro atoms. The van der Waals surface area contributed by atoms with Crippen molar-refractivity contribution in [3.05, 3.63) is 102 Å². The van der Waals surface area contributed by atoms with Crippen molar-refractivity contribution in [2.75, 3.05) is 0 Å². The molecule has 2 nitrogen and oxygen atoms in total. The molecule has 2 heterocycles. The molecule has 0 unspecified atom stereocenters. The zero-order valence-corrected chi connectivity index (χ0v) is 19.1. The number of aromatic nitrogens is 2. The SMILES string of the molecule is CC(C)c1cccc(-[n+]2c(-c3ccccc3)cc(C(C)(C)C)cc2-c2ccccc2)n1. The first kappa shape index (κ1) is 21.0. The molecule has 0 bridgehead atoms. The topological polar surface area (TPSA) is 16.8 Å². The van der Waals surface area contributed by atoms with Crippen molar-refractivity contribution in [1.29, 1.82) is 0 Å². The lowest BCUT2D eigenvalue weighted by molar-refractivity contribution is -0.576. The Morgan fingerprint density at radius 1 is 0.677 bits per heavy atom. The zero-order chi connectivity index (χ0) is 22.0. The Hall–Kier alpha value is -3.26. The first-order chi connectivity index (χ1) is 14.8. The number of nitrogens with zero attached hydrogens (tertiary/aromatic N) is 2. The second kappa shape index (κ2) is 8.47. The lowest BCUT2D eigenvalue weighted by Crippen LogP contribution is -2.38. The highest BCUT2D eigenvalue weighted by Crippen LogP contribution is 2.31. The monoisotopic (exact) mass is 407 g/mol. The fourth-order valence-corrected chi connectivity index (χ4v) is 3.80. The summed E-state index contributed by atoms with van der Waals surface area (Å²) in [5.41, 5.74) is 7.11. The van der Waals surface area contributed by atoms with E-state index in [0.29, 0.717) is 5.92 Å². The molecule has 0 radical (unpaired) electrons. The zero-order valence-electron chi connectivity index (χ0n) is 19.1. The number of pyridine rings is 2. The van der Waals surface area contributed by atoms with Gasteiger partial charge in [-0.3, -0.25) is 0 Å². The molecule has 2 aromatic heterocycles. The maximum Gasteiger partial charge on any atom is 0.328 e. The molecule has 0 aliphatic heterocycles. The standard InChI is InChI=1S/C29H31N2/c1-21(2)25-17-12-18-28(30-25)31-26(22-13-8-6-9-14-22)19-24(29(3,4)5)20-27(31)23-15-10-7-11-16-23/h6-21H,1-5H3/q+1. The summed E-state index contributed by atoms with van der Waals surface area (Å²) in [6.07, 6.45) is 0. The first-order valence-electron chi connectivity index (χ1n) is 11.0. The highest BCUT2D eigenvalue weighted by atomic mass is 15.1. The summed E-state index contributed by atoms with van der Waals surface area (Å²) in [4.78, 5) is 5.07. The average Bonchev–Trinajstić information content (AvgIpc) is 2.79. The van der Waals surface area contributed by atoms with Crippen molar-refractivity contribution in [2.45, 2.75) is 46.0 Å². The van der Waals surface area contributed by atoms with Crippen LogP contribution in [0.4, 0.5) is 0 Å². The summed E-state index contributed by atoms with van der Waals surface area (Å²) in [6, 6.07) is 32.2. The van der Waals surface area contributed by atoms with E-state index in [1.165, 1.54) is 16.7 Å². The van der Waals surface area contributed by atoms with Crippen LogP contribution in [0.15, 0.2) is 91.0 Å². The van der Waals surface area contributed by atoms with Crippen molar-refractivity contribution in [3.63, 3.8) is 0 Å². The Balaban J connectivity index is 2.11. The molecule has 0 N–H and O–H groups in total. The first-order valence-corrected chi connectivity index (χ1v) is 11.0. The predicted molar refractivity (Wildman–Crippen MR) is 129 cm³/mol. The van der Waals surface area contributed by atoms with Crippen LogP contribution in [0.3, 0.4) is 0 Å². The Kier molecular flexibility index (Phi) is 5.73. The van der Waals surface area contributed by atoms with Crippen LogP contribution >= 0.6 is 0 Å². The summed E-state index contributed by atoms with van der Waals surface area (Å²) < 4.78 is 2.31. The fraction of sp³-hybridized carbons (Fsp3) is 0.241.